The number of hydrogen-bond acceptors (Lipinski definition) is 2. The van der Waals surface area contributed by atoms with Gasteiger partial charge in [-0.3, -0.25) is 0 Å². The molecule has 0 saturated heterocycles. The number of aryl methyl sites for hydroxylation is 2. The molecule has 1 nitrogen and oxygen atoms in total. The van der Waals surface area contributed by atoms with E-state index in [4.69, 9.17) is 5.73 Å². The Hall–Kier alpha value is -0.640. The van der Waals surface area contributed by atoms with Crippen molar-refractivity contribution < 1.29 is 0 Å². The molecule has 1 heterocycles. The third-order valence-electron chi connectivity index (χ3n) is 2.92. The summed E-state index contributed by atoms with van der Waals surface area (Å²) < 4.78 is 1.11. The second kappa shape index (κ2) is 5.34. The van der Waals surface area contributed by atoms with Crippen LogP contribution in [0.5, 0.6) is 0 Å². The fraction of sp³-hybridized carbons (Fsp3) is 0.286. The van der Waals surface area contributed by atoms with Crippen molar-refractivity contribution in [2.24, 2.45) is 5.73 Å². The first-order valence-corrected chi connectivity index (χ1v) is 7.24. The summed E-state index contributed by atoms with van der Waals surface area (Å²) in [6, 6.07) is 10.7. The van der Waals surface area contributed by atoms with Crippen molar-refractivity contribution in [3.63, 3.8) is 0 Å². The summed E-state index contributed by atoms with van der Waals surface area (Å²) in [5, 5.41) is 0. The highest BCUT2D eigenvalue weighted by atomic mass is 79.9. The van der Waals surface area contributed by atoms with Gasteiger partial charge in [0.05, 0.1) is 0 Å². The van der Waals surface area contributed by atoms with E-state index in [2.05, 4.69) is 60.1 Å². The fourth-order valence-electron chi connectivity index (χ4n) is 1.76. The maximum absolute atomic E-state index is 6.25. The van der Waals surface area contributed by atoms with Crippen LogP contribution in [0.25, 0.3) is 0 Å². The molecule has 17 heavy (non-hydrogen) atoms. The van der Waals surface area contributed by atoms with E-state index >= 15 is 0 Å². The number of nitrogens with two attached hydrogens (primary N) is 1. The summed E-state index contributed by atoms with van der Waals surface area (Å²) in [4.78, 5) is 2.65. The summed E-state index contributed by atoms with van der Waals surface area (Å²) in [6.07, 6.45) is 0.896. The monoisotopic (exact) mass is 309 g/mol. The Morgan fingerprint density at radius 3 is 2.41 bits per heavy atom. The van der Waals surface area contributed by atoms with Crippen molar-refractivity contribution in [3.8, 4) is 0 Å². The highest BCUT2D eigenvalue weighted by molar-refractivity contribution is 9.10. The highest BCUT2D eigenvalue weighted by Crippen LogP contribution is 2.27. The van der Waals surface area contributed by atoms with Gasteiger partial charge in [-0.05, 0) is 49.6 Å². The molecule has 1 aromatic carbocycles. The van der Waals surface area contributed by atoms with Gasteiger partial charge in [-0.25, -0.2) is 0 Å². The molecule has 1 aromatic heterocycles. The normalized spacial score (nSPS) is 12.7. The molecule has 2 rings (SSSR count). The van der Waals surface area contributed by atoms with Crippen molar-refractivity contribution in [2.75, 3.05) is 0 Å². The molecule has 0 spiro atoms. The van der Waals surface area contributed by atoms with Crippen molar-refractivity contribution in [3.05, 3.63) is 55.7 Å². The van der Waals surface area contributed by atoms with Crippen molar-refractivity contribution in [2.45, 2.75) is 26.3 Å². The largest absolute Gasteiger partial charge is 0.323 e. The smallest absolute Gasteiger partial charge is 0.0430 e. The molecule has 2 N–H and O–H groups in total. The molecule has 0 fully saturated rings. The molecule has 1 unspecified atom stereocenters. The lowest BCUT2D eigenvalue weighted by Crippen LogP contribution is -2.11. The van der Waals surface area contributed by atoms with Crippen LogP contribution >= 0.6 is 27.3 Å². The van der Waals surface area contributed by atoms with Crippen LogP contribution in [0, 0.1) is 13.8 Å². The first-order chi connectivity index (χ1) is 8.06. The predicted molar refractivity (Wildman–Crippen MR) is 78.6 cm³/mol. The Kier molecular flexibility index (Phi) is 4.02. The highest BCUT2D eigenvalue weighted by Gasteiger charge is 2.11. The lowest BCUT2D eigenvalue weighted by atomic mass is 10.1. The van der Waals surface area contributed by atoms with Crippen LogP contribution in [-0.2, 0) is 6.42 Å². The zero-order chi connectivity index (χ0) is 12.4. The Morgan fingerprint density at radius 1 is 1.24 bits per heavy atom. The fourth-order valence-corrected chi connectivity index (χ4v) is 3.07. The molecule has 0 amide bonds. The van der Waals surface area contributed by atoms with E-state index in [1.807, 2.05) is 11.3 Å². The second-order valence-corrected chi connectivity index (χ2v) is 6.53. The van der Waals surface area contributed by atoms with Crippen LogP contribution in [0.2, 0.25) is 0 Å². The quantitative estimate of drug-likeness (QED) is 0.895. The van der Waals surface area contributed by atoms with Gasteiger partial charge in [0.25, 0.3) is 0 Å². The van der Waals surface area contributed by atoms with Gasteiger partial charge >= 0.3 is 0 Å². The van der Waals surface area contributed by atoms with Gasteiger partial charge in [-0.2, -0.15) is 0 Å². The van der Waals surface area contributed by atoms with Gasteiger partial charge in [0.1, 0.15) is 0 Å². The molecule has 90 valence electrons. The number of rotatable bonds is 3. The van der Waals surface area contributed by atoms with Crippen LogP contribution in [0.4, 0.5) is 0 Å². The summed E-state index contributed by atoms with van der Waals surface area (Å²) in [5.41, 5.74) is 8.87. The molecule has 0 saturated carbocycles. The SMILES string of the molecule is Cc1cc(C(N)Cc2ccc(Br)cc2)sc1C. The van der Waals surface area contributed by atoms with Crippen LogP contribution < -0.4 is 5.73 Å². The maximum Gasteiger partial charge on any atom is 0.0430 e. The number of halogens is 1. The first kappa shape index (κ1) is 12.8. The molecule has 0 bridgehead atoms. The minimum absolute atomic E-state index is 0.105. The van der Waals surface area contributed by atoms with Gasteiger partial charge in [-0.15, -0.1) is 11.3 Å². The summed E-state index contributed by atoms with van der Waals surface area (Å²) in [6.45, 7) is 4.29. The van der Waals surface area contributed by atoms with Gasteiger partial charge in [0.2, 0.25) is 0 Å². The Labute approximate surface area is 115 Å². The van der Waals surface area contributed by atoms with Crippen molar-refractivity contribution in [1.29, 1.82) is 0 Å². The molecule has 0 aliphatic carbocycles. The van der Waals surface area contributed by atoms with Crippen LogP contribution in [0.1, 0.15) is 26.9 Å². The summed E-state index contributed by atoms with van der Waals surface area (Å²) in [5.74, 6) is 0. The number of benzene rings is 1. The zero-order valence-electron chi connectivity index (χ0n) is 10.0. The second-order valence-electron chi connectivity index (χ2n) is 4.33. The van der Waals surface area contributed by atoms with Gasteiger partial charge in [0, 0.05) is 20.3 Å². The van der Waals surface area contributed by atoms with E-state index in [-0.39, 0.29) is 6.04 Å². The van der Waals surface area contributed by atoms with Crippen LogP contribution in [0.15, 0.2) is 34.8 Å². The molecular weight excluding hydrogens is 294 g/mol. The van der Waals surface area contributed by atoms with Gasteiger partial charge < -0.3 is 5.73 Å². The predicted octanol–water partition coefficient (Wildman–Crippen LogP) is 4.37. The first-order valence-electron chi connectivity index (χ1n) is 5.63. The van der Waals surface area contributed by atoms with E-state index in [1.54, 1.807) is 0 Å². The van der Waals surface area contributed by atoms with E-state index in [0.29, 0.717) is 0 Å². The minimum Gasteiger partial charge on any atom is -0.323 e. The van der Waals surface area contributed by atoms with Crippen LogP contribution in [0.3, 0.4) is 0 Å². The number of hydrogen-bond donors (Lipinski definition) is 1. The molecule has 0 aliphatic rings. The average molecular weight is 310 g/mol. The topological polar surface area (TPSA) is 26.0 Å². The van der Waals surface area contributed by atoms with E-state index < -0.39 is 0 Å². The lowest BCUT2D eigenvalue weighted by molar-refractivity contribution is 0.736. The minimum atomic E-state index is 0.105. The molecule has 1 atom stereocenters. The van der Waals surface area contributed by atoms with Gasteiger partial charge in [-0.1, -0.05) is 28.1 Å². The third kappa shape index (κ3) is 3.18. The molecule has 0 radical (unpaired) electrons. The van der Waals surface area contributed by atoms with Crippen LogP contribution in [-0.4, -0.2) is 0 Å². The molecular formula is C14H16BrNS. The van der Waals surface area contributed by atoms with Gasteiger partial charge in [0.15, 0.2) is 0 Å². The molecule has 3 heteroatoms. The van der Waals surface area contributed by atoms with E-state index in [1.165, 1.54) is 20.9 Å². The Morgan fingerprint density at radius 2 is 1.88 bits per heavy atom. The summed E-state index contributed by atoms with van der Waals surface area (Å²) in [7, 11) is 0. The lowest BCUT2D eigenvalue weighted by Gasteiger charge is -2.09. The number of thiophene rings is 1. The molecule has 0 aliphatic heterocycles. The zero-order valence-corrected chi connectivity index (χ0v) is 12.4. The third-order valence-corrected chi connectivity index (χ3v) is 4.73. The van der Waals surface area contributed by atoms with E-state index in [9.17, 15) is 0 Å². The van der Waals surface area contributed by atoms with Crippen molar-refractivity contribution >= 4 is 27.3 Å². The Bertz CT molecular complexity index is 482. The standard InChI is InChI=1S/C14H16BrNS/c1-9-7-14(17-10(9)2)13(16)8-11-3-5-12(15)6-4-11/h3-7,13H,8,16H2,1-2H3. The van der Waals surface area contributed by atoms with E-state index in [0.717, 1.165) is 10.9 Å². The molecule has 2 aromatic rings. The van der Waals surface area contributed by atoms with Crippen molar-refractivity contribution in [1.82, 2.24) is 0 Å². The summed E-state index contributed by atoms with van der Waals surface area (Å²) >= 11 is 5.25. The average Bonchev–Trinajstić information content (AvgIpc) is 2.63. The maximum atomic E-state index is 6.25. The Balaban J connectivity index is 2.11.